The molecule has 2 atom stereocenters. The summed E-state index contributed by atoms with van der Waals surface area (Å²) in [4.78, 5) is 38.3. The molecule has 0 bridgehead atoms. The average molecular weight is 488 g/mol. The molecule has 1 fully saturated rings. The van der Waals surface area contributed by atoms with E-state index in [-0.39, 0.29) is 19.3 Å². The van der Waals surface area contributed by atoms with Crippen LogP contribution in [0.25, 0.3) is 0 Å². The van der Waals surface area contributed by atoms with Gasteiger partial charge in [-0.1, -0.05) is 29.3 Å². The second-order valence-corrected chi connectivity index (χ2v) is 9.62. The summed E-state index contributed by atoms with van der Waals surface area (Å²) >= 11 is 12.4. The Balaban J connectivity index is 2.48. The Morgan fingerprint density at radius 2 is 1.69 bits per heavy atom. The van der Waals surface area contributed by atoms with Crippen LogP contribution in [0.15, 0.2) is 18.2 Å². The van der Waals surface area contributed by atoms with Crippen LogP contribution in [0.4, 0.5) is 4.79 Å². The molecule has 1 aliphatic carbocycles. The molecular formula is C23H31Cl2NO6. The Kier molecular flexibility index (Phi) is 8.82. The van der Waals surface area contributed by atoms with Gasteiger partial charge in [-0.3, -0.25) is 9.59 Å². The van der Waals surface area contributed by atoms with Crippen LogP contribution in [-0.4, -0.2) is 42.9 Å². The zero-order chi connectivity index (χ0) is 24.1. The number of halogens is 2. The van der Waals surface area contributed by atoms with E-state index in [0.29, 0.717) is 34.9 Å². The Hall–Kier alpha value is -1.99. The van der Waals surface area contributed by atoms with Gasteiger partial charge in [0.05, 0.1) is 23.3 Å². The van der Waals surface area contributed by atoms with Gasteiger partial charge >= 0.3 is 18.0 Å². The fourth-order valence-electron chi connectivity index (χ4n) is 4.17. The summed E-state index contributed by atoms with van der Waals surface area (Å²) in [6.45, 7) is 8.91. The Morgan fingerprint density at radius 1 is 1.09 bits per heavy atom. The molecule has 9 heteroatoms. The van der Waals surface area contributed by atoms with E-state index in [1.807, 2.05) is 0 Å². The van der Waals surface area contributed by atoms with Crippen molar-refractivity contribution < 1.29 is 28.6 Å². The van der Waals surface area contributed by atoms with E-state index < -0.39 is 35.0 Å². The predicted molar refractivity (Wildman–Crippen MR) is 122 cm³/mol. The minimum Gasteiger partial charge on any atom is -0.465 e. The number of ether oxygens (including phenoxy) is 3. The zero-order valence-corrected chi connectivity index (χ0v) is 20.6. The van der Waals surface area contributed by atoms with Crippen molar-refractivity contribution in [2.75, 3.05) is 13.2 Å². The molecule has 0 aliphatic heterocycles. The Labute approximate surface area is 199 Å². The molecule has 2 rings (SSSR count). The van der Waals surface area contributed by atoms with Crippen LogP contribution < -0.4 is 5.32 Å². The van der Waals surface area contributed by atoms with Crippen molar-refractivity contribution in [1.29, 1.82) is 0 Å². The predicted octanol–water partition coefficient (Wildman–Crippen LogP) is 5.05. The first kappa shape index (κ1) is 26.3. The average Bonchev–Trinajstić information content (AvgIpc) is 3.07. The van der Waals surface area contributed by atoms with Crippen LogP contribution in [0.5, 0.6) is 0 Å². The first-order chi connectivity index (χ1) is 14.9. The molecule has 0 aromatic heterocycles. The third-order valence-electron chi connectivity index (χ3n) is 5.36. The molecule has 32 heavy (non-hydrogen) atoms. The normalized spacial score (nSPS) is 20.7. The lowest BCUT2D eigenvalue weighted by Gasteiger charge is -2.35. The summed E-state index contributed by atoms with van der Waals surface area (Å²) in [7, 11) is 0. The number of alkyl carbamates (subject to hydrolysis) is 1. The number of esters is 2. The minimum absolute atomic E-state index is 0.117. The number of amides is 1. The molecule has 1 aromatic carbocycles. The van der Waals surface area contributed by atoms with Gasteiger partial charge in [-0.05, 0) is 71.6 Å². The summed E-state index contributed by atoms with van der Waals surface area (Å²) in [5, 5.41) is 3.52. The second-order valence-electron chi connectivity index (χ2n) is 8.81. The van der Waals surface area contributed by atoms with Crippen LogP contribution in [-0.2, 0) is 29.2 Å². The fraction of sp³-hybridized carbons (Fsp3) is 0.609. The number of carbonyl (C=O) groups excluding carboxylic acids is 3. The first-order valence-electron chi connectivity index (χ1n) is 10.7. The van der Waals surface area contributed by atoms with Crippen LogP contribution >= 0.6 is 23.2 Å². The molecule has 1 aromatic rings. The molecule has 1 amide bonds. The number of hydrogen-bond acceptors (Lipinski definition) is 6. The first-order valence-corrected chi connectivity index (χ1v) is 11.5. The van der Waals surface area contributed by atoms with Gasteiger partial charge in [0.15, 0.2) is 5.92 Å². The van der Waals surface area contributed by atoms with Crippen LogP contribution in [0.2, 0.25) is 10.0 Å². The van der Waals surface area contributed by atoms with Gasteiger partial charge in [0.1, 0.15) is 5.60 Å². The molecule has 0 spiro atoms. The monoisotopic (exact) mass is 487 g/mol. The molecule has 178 valence electrons. The Bertz CT molecular complexity index is 835. The van der Waals surface area contributed by atoms with Crippen molar-refractivity contribution in [1.82, 2.24) is 5.32 Å². The van der Waals surface area contributed by atoms with Gasteiger partial charge in [0, 0.05) is 11.5 Å². The molecule has 0 unspecified atom stereocenters. The SMILES string of the molecule is CCOC(=O)C(C(=O)OCC)[C@@]1(c2ccc(Cl)c(Cl)c2)CC[C@@H](NC(=O)OC(C)(C)C)C1. The summed E-state index contributed by atoms with van der Waals surface area (Å²) < 4.78 is 15.9. The number of rotatable bonds is 7. The standard InChI is InChI=1S/C23H31Cl2NO6/c1-6-30-19(27)18(20(28)31-7-2)23(14-8-9-16(24)17(25)12-14)11-10-15(13-23)26-21(29)32-22(3,4)5/h8-9,12,15,18H,6-7,10-11,13H2,1-5H3,(H,26,29)/t15-,23+/m1/s1. The Morgan fingerprint density at radius 3 is 2.19 bits per heavy atom. The number of nitrogens with one attached hydrogen (secondary N) is 1. The van der Waals surface area contributed by atoms with Gasteiger partial charge in [0.2, 0.25) is 0 Å². The fourth-order valence-corrected chi connectivity index (χ4v) is 4.47. The van der Waals surface area contributed by atoms with Gasteiger partial charge in [-0.25, -0.2) is 4.79 Å². The van der Waals surface area contributed by atoms with Gasteiger partial charge in [-0.15, -0.1) is 0 Å². The van der Waals surface area contributed by atoms with Crippen LogP contribution in [0.3, 0.4) is 0 Å². The van der Waals surface area contributed by atoms with Gasteiger partial charge in [0.25, 0.3) is 0 Å². The number of hydrogen-bond donors (Lipinski definition) is 1. The summed E-state index contributed by atoms with van der Waals surface area (Å²) in [5.41, 5.74) is -0.986. The molecule has 7 nitrogen and oxygen atoms in total. The van der Waals surface area contributed by atoms with Crippen LogP contribution in [0, 0.1) is 5.92 Å². The van der Waals surface area contributed by atoms with Crippen molar-refractivity contribution in [3.05, 3.63) is 33.8 Å². The molecule has 0 radical (unpaired) electrons. The zero-order valence-electron chi connectivity index (χ0n) is 19.1. The van der Waals surface area contributed by atoms with Gasteiger partial charge < -0.3 is 19.5 Å². The third kappa shape index (κ3) is 6.29. The summed E-state index contributed by atoms with van der Waals surface area (Å²) in [6.07, 6.45) is 0.686. The van der Waals surface area contributed by atoms with Crippen molar-refractivity contribution in [2.24, 2.45) is 5.92 Å². The van der Waals surface area contributed by atoms with Crippen molar-refractivity contribution in [3.8, 4) is 0 Å². The van der Waals surface area contributed by atoms with Crippen molar-refractivity contribution in [2.45, 2.75) is 70.9 Å². The second kappa shape index (κ2) is 10.8. The van der Waals surface area contributed by atoms with Crippen molar-refractivity contribution in [3.63, 3.8) is 0 Å². The maximum absolute atomic E-state index is 13.0. The van der Waals surface area contributed by atoms with Crippen molar-refractivity contribution >= 4 is 41.2 Å². The molecule has 1 N–H and O–H groups in total. The topological polar surface area (TPSA) is 90.9 Å². The van der Waals surface area contributed by atoms with E-state index in [2.05, 4.69) is 5.32 Å². The van der Waals surface area contributed by atoms with E-state index in [9.17, 15) is 14.4 Å². The molecule has 0 heterocycles. The molecule has 1 aliphatic rings. The maximum Gasteiger partial charge on any atom is 0.407 e. The molecular weight excluding hydrogens is 457 g/mol. The van der Waals surface area contributed by atoms with E-state index >= 15 is 0 Å². The smallest absolute Gasteiger partial charge is 0.407 e. The summed E-state index contributed by atoms with van der Waals surface area (Å²) in [6, 6.07) is 4.70. The van der Waals surface area contributed by atoms with E-state index in [1.165, 1.54) is 0 Å². The van der Waals surface area contributed by atoms with E-state index in [1.54, 1.807) is 52.8 Å². The largest absolute Gasteiger partial charge is 0.465 e. The highest BCUT2D eigenvalue weighted by Crippen LogP contribution is 2.49. The van der Waals surface area contributed by atoms with Crippen LogP contribution in [0.1, 0.15) is 59.4 Å². The molecule has 0 saturated heterocycles. The van der Waals surface area contributed by atoms with E-state index in [0.717, 1.165) is 0 Å². The highest BCUT2D eigenvalue weighted by molar-refractivity contribution is 6.42. The molecule has 1 saturated carbocycles. The lowest BCUT2D eigenvalue weighted by molar-refractivity contribution is -0.165. The quantitative estimate of drug-likeness (QED) is 0.328. The maximum atomic E-state index is 13.0. The minimum atomic E-state index is -1.22. The van der Waals surface area contributed by atoms with Gasteiger partial charge in [-0.2, -0.15) is 0 Å². The highest BCUT2D eigenvalue weighted by atomic mass is 35.5. The summed E-state index contributed by atoms with van der Waals surface area (Å²) in [5.74, 6) is -2.56. The highest BCUT2D eigenvalue weighted by Gasteiger charge is 2.54. The lowest BCUT2D eigenvalue weighted by atomic mass is 9.68. The third-order valence-corrected chi connectivity index (χ3v) is 6.10. The number of carbonyl (C=O) groups is 3. The number of benzene rings is 1. The lowest BCUT2D eigenvalue weighted by Crippen LogP contribution is -2.46. The van der Waals surface area contributed by atoms with E-state index in [4.69, 9.17) is 37.4 Å².